The Hall–Kier alpha value is -1.88. The van der Waals surface area contributed by atoms with Crippen molar-refractivity contribution in [2.45, 2.75) is 32.9 Å². The first-order chi connectivity index (χ1) is 8.73. The van der Waals surface area contributed by atoms with E-state index in [9.17, 15) is 14.7 Å². The Kier molecular flexibility index (Phi) is 4.67. The van der Waals surface area contributed by atoms with Gasteiger partial charge in [-0.3, -0.25) is 4.79 Å². The fraction of sp³-hybridized carbons (Fsp3) is 0.429. The number of benzene rings is 1. The number of carbonyl (C=O) groups excluding carboxylic acids is 1. The van der Waals surface area contributed by atoms with Gasteiger partial charge in [-0.25, -0.2) is 4.79 Å². The minimum atomic E-state index is -1.37. The summed E-state index contributed by atoms with van der Waals surface area (Å²) < 4.78 is 0. The van der Waals surface area contributed by atoms with Crippen LogP contribution in [0.15, 0.2) is 30.3 Å². The molecule has 2 atom stereocenters. The van der Waals surface area contributed by atoms with Crippen molar-refractivity contribution in [1.82, 2.24) is 5.32 Å². The highest BCUT2D eigenvalue weighted by atomic mass is 16.4. The number of hydrogen-bond acceptors (Lipinski definition) is 3. The molecule has 0 saturated carbocycles. The molecule has 1 aromatic carbocycles. The van der Waals surface area contributed by atoms with Gasteiger partial charge in [-0.05, 0) is 5.56 Å². The van der Waals surface area contributed by atoms with Crippen molar-refractivity contribution < 1.29 is 19.8 Å². The van der Waals surface area contributed by atoms with E-state index < -0.39 is 29.4 Å². The van der Waals surface area contributed by atoms with E-state index in [2.05, 4.69) is 5.32 Å². The molecule has 0 aromatic heterocycles. The molecular weight excluding hydrogens is 246 g/mol. The molecule has 0 saturated heterocycles. The quantitative estimate of drug-likeness (QED) is 0.766. The molecule has 0 heterocycles. The van der Waals surface area contributed by atoms with Gasteiger partial charge in [-0.1, -0.05) is 51.1 Å². The Bertz CT molecular complexity index is 450. The number of aliphatic hydroxyl groups is 1. The lowest BCUT2D eigenvalue weighted by Crippen LogP contribution is -2.48. The van der Waals surface area contributed by atoms with E-state index in [1.54, 1.807) is 51.1 Å². The van der Waals surface area contributed by atoms with Crippen LogP contribution in [0.25, 0.3) is 0 Å². The second kappa shape index (κ2) is 5.84. The lowest BCUT2D eigenvalue weighted by atomic mass is 9.94. The average molecular weight is 265 g/mol. The average Bonchev–Trinajstić information content (AvgIpc) is 2.34. The number of amides is 1. The van der Waals surface area contributed by atoms with Gasteiger partial charge in [-0.15, -0.1) is 0 Å². The van der Waals surface area contributed by atoms with E-state index in [1.165, 1.54) is 0 Å². The van der Waals surface area contributed by atoms with Gasteiger partial charge in [0.15, 0.2) is 6.04 Å². The molecule has 0 spiro atoms. The van der Waals surface area contributed by atoms with Crippen LogP contribution in [0.3, 0.4) is 0 Å². The molecule has 0 aliphatic rings. The van der Waals surface area contributed by atoms with Gasteiger partial charge in [0.2, 0.25) is 5.91 Å². The van der Waals surface area contributed by atoms with Crippen molar-refractivity contribution >= 4 is 11.9 Å². The molecule has 0 aliphatic carbocycles. The van der Waals surface area contributed by atoms with Gasteiger partial charge in [-0.2, -0.15) is 0 Å². The maximum absolute atomic E-state index is 11.8. The molecule has 3 N–H and O–H groups in total. The SMILES string of the molecule is CC(C)(C)C(=O)NC(C(=O)O)C(O)c1ccccc1. The summed E-state index contributed by atoms with van der Waals surface area (Å²) in [6, 6.07) is 7.02. The monoisotopic (exact) mass is 265 g/mol. The molecule has 0 fully saturated rings. The van der Waals surface area contributed by atoms with Crippen LogP contribution in [0.2, 0.25) is 0 Å². The fourth-order valence-electron chi connectivity index (χ4n) is 1.48. The Morgan fingerprint density at radius 1 is 1.16 bits per heavy atom. The summed E-state index contributed by atoms with van der Waals surface area (Å²) >= 11 is 0. The summed E-state index contributed by atoms with van der Waals surface area (Å²) in [4.78, 5) is 23.0. The van der Waals surface area contributed by atoms with Crippen LogP contribution < -0.4 is 5.32 Å². The summed E-state index contributed by atoms with van der Waals surface area (Å²) in [6.07, 6.45) is -1.29. The largest absolute Gasteiger partial charge is 0.480 e. The third-order valence-electron chi connectivity index (χ3n) is 2.69. The van der Waals surface area contributed by atoms with Crippen LogP contribution in [-0.4, -0.2) is 28.1 Å². The smallest absolute Gasteiger partial charge is 0.329 e. The molecule has 5 heteroatoms. The fourth-order valence-corrected chi connectivity index (χ4v) is 1.48. The number of nitrogens with one attached hydrogen (secondary N) is 1. The summed E-state index contributed by atoms with van der Waals surface area (Å²) in [7, 11) is 0. The van der Waals surface area contributed by atoms with Crippen LogP contribution >= 0.6 is 0 Å². The van der Waals surface area contributed by atoms with Gasteiger partial charge in [0, 0.05) is 5.41 Å². The maximum Gasteiger partial charge on any atom is 0.329 e. The molecule has 1 rings (SSSR count). The number of aliphatic carboxylic acids is 1. The maximum atomic E-state index is 11.8. The first-order valence-electron chi connectivity index (χ1n) is 6.00. The standard InChI is InChI=1S/C14H19NO4/c1-14(2,3)13(19)15-10(12(17)18)11(16)9-7-5-4-6-8-9/h4-8,10-11,16H,1-3H3,(H,15,19)(H,17,18). The number of aliphatic hydroxyl groups excluding tert-OH is 1. The first kappa shape index (κ1) is 15.2. The first-order valence-corrected chi connectivity index (χ1v) is 6.00. The molecular formula is C14H19NO4. The predicted molar refractivity (Wildman–Crippen MR) is 70.4 cm³/mol. The number of carboxylic acid groups (broad SMARTS) is 1. The van der Waals surface area contributed by atoms with Gasteiger partial charge < -0.3 is 15.5 Å². The molecule has 0 bridgehead atoms. The molecule has 19 heavy (non-hydrogen) atoms. The van der Waals surface area contributed by atoms with Gasteiger partial charge in [0.05, 0.1) is 0 Å². The molecule has 1 amide bonds. The zero-order valence-corrected chi connectivity index (χ0v) is 11.3. The van der Waals surface area contributed by atoms with E-state index in [1.807, 2.05) is 0 Å². The minimum absolute atomic E-state index is 0.421. The lowest BCUT2D eigenvalue weighted by Gasteiger charge is -2.25. The lowest BCUT2D eigenvalue weighted by molar-refractivity contribution is -0.146. The summed E-state index contributed by atoms with van der Waals surface area (Å²) in [6.45, 7) is 5.03. The number of rotatable bonds is 4. The predicted octanol–water partition coefficient (Wildman–Crippen LogP) is 1.34. The minimum Gasteiger partial charge on any atom is -0.480 e. The van der Waals surface area contributed by atoms with E-state index in [0.29, 0.717) is 5.56 Å². The molecule has 0 radical (unpaired) electrons. The Labute approximate surface area is 112 Å². The van der Waals surface area contributed by atoms with Crippen molar-refractivity contribution in [3.05, 3.63) is 35.9 Å². The summed E-state index contributed by atoms with van der Waals surface area (Å²) in [5.74, 6) is -1.69. The highest BCUT2D eigenvalue weighted by Crippen LogP contribution is 2.19. The Balaban J connectivity index is 2.90. The van der Waals surface area contributed by atoms with Crippen LogP contribution in [0.5, 0.6) is 0 Å². The highest BCUT2D eigenvalue weighted by molar-refractivity contribution is 5.87. The molecule has 2 unspecified atom stereocenters. The zero-order chi connectivity index (χ0) is 14.6. The van der Waals surface area contributed by atoms with Gasteiger partial charge >= 0.3 is 5.97 Å². The second-order valence-electron chi connectivity index (χ2n) is 5.39. The van der Waals surface area contributed by atoms with Crippen molar-refractivity contribution in [3.63, 3.8) is 0 Å². The normalized spacial score (nSPS) is 14.5. The van der Waals surface area contributed by atoms with Crippen molar-refractivity contribution in [1.29, 1.82) is 0 Å². The number of carboxylic acids is 1. The Morgan fingerprint density at radius 2 is 1.68 bits per heavy atom. The van der Waals surface area contributed by atoms with Crippen molar-refractivity contribution in [2.24, 2.45) is 5.41 Å². The molecule has 104 valence electrons. The van der Waals surface area contributed by atoms with Crippen LogP contribution in [0.4, 0.5) is 0 Å². The van der Waals surface area contributed by atoms with E-state index in [4.69, 9.17) is 5.11 Å². The van der Waals surface area contributed by atoms with Crippen molar-refractivity contribution in [2.75, 3.05) is 0 Å². The number of hydrogen-bond donors (Lipinski definition) is 3. The van der Waals surface area contributed by atoms with Crippen LogP contribution in [0, 0.1) is 5.41 Å². The zero-order valence-electron chi connectivity index (χ0n) is 11.3. The molecule has 1 aromatic rings. The third kappa shape index (κ3) is 4.06. The number of carbonyl (C=O) groups is 2. The highest BCUT2D eigenvalue weighted by Gasteiger charge is 2.32. The van der Waals surface area contributed by atoms with E-state index >= 15 is 0 Å². The molecule has 0 aliphatic heterocycles. The van der Waals surface area contributed by atoms with E-state index in [0.717, 1.165) is 0 Å². The third-order valence-corrected chi connectivity index (χ3v) is 2.69. The topological polar surface area (TPSA) is 86.6 Å². The van der Waals surface area contributed by atoms with E-state index in [-0.39, 0.29) is 0 Å². The van der Waals surface area contributed by atoms with Crippen LogP contribution in [-0.2, 0) is 9.59 Å². The van der Waals surface area contributed by atoms with Crippen LogP contribution in [0.1, 0.15) is 32.4 Å². The summed E-state index contributed by atoms with van der Waals surface area (Å²) in [5.41, 5.74) is -0.270. The molecule has 5 nitrogen and oxygen atoms in total. The second-order valence-corrected chi connectivity index (χ2v) is 5.39. The van der Waals surface area contributed by atoms with Gasteiger partial charge in [0.25, 0.3) is 0 Å². The van der Waals surface area contributed by atoms with Crippen molar-refractivity contribution in [3.8, 4) is 0 Å². The Morgan fingerprint density at radius 3 is 2.11 bits per heavy atom. The van der Waals surface area contributed by atoms with Gasteiger partial charge in [0.1, 0.15) is 6.10 Å². The summed E-state index contributed by atoms with van der Waals surface area (Å²) in [5, 5.41) is 21.6.